The minimum atomic E-state index is -0.137. The third-order valence-corrected chi connectivity index (χ3v) is 5.21. The number of rotatable bonds is 8. The van der Waals surface area contributed by atoms with E-state index in [0.29, 0.717) is 0 Å². The van der Waals surface area contributed by atoms with Gasteiger partial charge in [-0.05, 0) is 56.3 Å². The Kier molecular flexibility index (Phi) is 7.02. The second-order valence-electron chi connectivity index (χ2n) is 7.20. The highest BCUT2D eigenvalue weighted by atomic mass is 16.5. The van der Waals surface area contributed by atoms with Gasteiger partial charge in [0.2, 0.25) is 0 Å². The van der Waals surface area contributed by atoms with E-state index in [4.69, 9.17) is 4.74 Å². The second kappa shape index (κ2) is 9.67. The average molecular weight is 367 g/mol. The van der Waals surface area contributed by atoms with Crippen LogP contribution in [0.25, 0.3) is 0 Å². The maximum Gasteiger partial charge on any atom is 0.180 e. The van der Waals surface area contributed by atoms with Crippen molar-refractivity contribution < 1.29 is 9.53 Å². The number of nitrogens with zero attached hydrogens (tertiary/aromatic N) is 2. The Morgan fingerprint density at radius 3 is 2.37 bits per heavy atom. The van der Waals surface area contributed by atoms with Crippen LogP contribution in [0.2, 0.25) is 0 Å². The summed E-state index contributed by atoms with van der Waals surface area (Å²) in [7, 11) is 2.05. The van der Waals surface area contributed by atoms with Crippen molar-refractivity contribution >= 4 is 11.5 Å². The van der Waals surface area contributed by atoms with E-state index in [0.717, 1.165) is 56.9 Å². The number of anilines is 1. The molecule has 1 heterocycles. The van der Waals surface area contributed by atoms with Gasteiger partial charge in [0.05, 0.1) is 19.3 Å². The van der Waals surface area contributed by atoms with Crippen LogP contribution in [0.15, 0.2) is 54.6 Å². The number of benzene rings is 2. The monoisotopic (exact) mass is 366 g/mol. The van der Waals surface area contributed by atoms with Crippen molar-refractivity contribution in [1.82, 2.24) is 4.90 Å². The fourth-order valence-electron chi connectivity index (χ4n) is 3.65. The summed E-state index contributed by atoms with van der Waals surface area (Å²) in [5, 5.41) is 0. The van der Waals surface area contributed by atoms with E-state index >= 15 is 0 Å². The molecule has 4 heteroatoms. The molecule has 0 N–H and O–H groups in total. The van der Waals surface area contributed by atoms with E-state index in [9.17, 15) is 4.79 Å². The molecule has 2 aromatic carbocycles. The minimum absolute atomic E-state index is 0.137. The predicted octanol–water partition coefficient (Wildman–Crippen LogP) is 3.66. The molecule has 1 atom stereocenters. The Morgan fingerprint density at radius 2 is 1.74 bits per heavy atom. The first-order chi connectivity index (χ1) is 13.2. The molecule has 0 aromatic heterocycles. The van der Waals surface area contributed by atoms with E-state index in [-0.39, 0.29) is 11.8 Å². The Morgan fingerprint density at radius 1 is 1.07 bits per heavy atom. The highest BCUT2D eigenvalue weighted by Gasteiger charge is 2.24. The zero-order chi connectivity index (χ0) is 19.1. The molecule has 1 unspecified atom stereocenters. The first-order valence-corrected chi connectivity index (χ1v) is 9.90. The maximum absolute atomic E-state index is 13.3. The van der Waals surface area contributed by atoms with Crippen molar-refractivity contribution in [2.45, 2.75) is 25.8 Å². The topological polar surface area (TPSA) is 32.8 Å². The van der Waals surface area contributed by atoms with Gasteiger partial charge in [0.25, 0.3) is 0 Å². The summed E-state index contributed by atoms with van der Waals surface area (Å²) < 4.78 is 5.42. The molecule has 2 aromatic rings. The van der Waals surface area contributed by atoms with Crippen LogP contribution in [-0.2, 0) is 11.2 Å². The van der Waals surface area contributed by atoms with Crippen molar-refractivity contribution in [1.29, 1.82) is 0 Å². The summed E-state index contributed by atoms with van der Waals surface area (Å²) in [6, 6.07) is 18.2. The number of Topliss-reactive ketones (excluding diaryl/α,β-unsaturated/α-hetero) is 1. The smallest absolute Gasteiger partial charge is 0.180 e. The molecule has 1 fully saturated rings. The molecule has 1 saturated heterocycles. The molecule has 0 aliphatic carbocycles. The lowest BCUT2D eigenvalue weighted by atomic mass is 9.96. The molecular formula is C23H30N2O2. The van der Waals surface area contributed by atoms with Crippen LogP contribution < -0.4 is 4.90 Å². The Balaban J connectivity index is 1.76. The fourth-order valence-corrected chi connectivity index (χ4v) is 3.65. The van der Waals surface area contributed by atoms with Crippen molar-refractivity contribution in [3.63, 3.8) is 0 Å². The normalized spacial score (nSPS) is 15.7. The number of likely N-dealkylation sites (N-methyl/N-ethyl adjacent to an activating group) is 1. The van der Waals surface area contributed by atoms with E-state index in [1.807, 2.05) is 30.3 Å². The van der Waals surface area contributed by atoms with Gasteiger partial charge in [-0.2, -0.15) is 0 Å². The van der Waals surface area contributed by atoms with Gasteiger partial charge in [-0.25, -0.2) is 0 Å². The second-order valence-corrected chi connectivity index (χ2v) is 7.20. The number of morpholine rings is 1. The first-order valence-electron chi connectivity index (χ1n) is 9.90. The molecule has 1 aliphatic rings. The molecule has 27 heavy (non-hydrogen) atoms. The molecule has 0 amide bonds. The summed E-state index contributed by atoms with van der Waals surface area (Å²) in [6.45, 7) is 6.41. The van der Waals surface area contributed by atoms with Gasteiger partial charge in [0.1, 0.15) is 0 Å². The maximum atomic E-state index is 13.3. The zero-order valence-electron chi connectivity index (χ0n) is 16.4. The van der Waals surface area contributed by atoms with Crippen molar-refractivity contribution in [2.75, 3.05) is 44.8 Å². The van der Waals surface area contributed by atoms with Crippen LogP contribution in [0, 0.1) is 0 Å². The number of carbonyl (C=O) groups is 1. The van der Waals surface area contributed by atoms with Crippen LogP contribution in [0.4, 0.5) is 5.69 Å². The minimum Gasteiger partial charge on any atom is -0.378 e. The highest BCUT2D eigenvalue weighted by Crippen LogP contribution is 2.20. The lowest BCUT2D eigenvalue weighted by Gasteiger charge is -2.29. The summed E-state index contributed by atoms with van der Waals surface area (Å²) in [5.41, 5.74) is 3.15. The van der Waals surface area contributed by atoms with Crippen LogP contribution in [0.5, 0.6) is 0 Å². The van der Waals surface area contributed by atoms with Gasteiger partial charge >= 0.3 is 0 Å². The van der Waals surface area contributed by atoms with Crippen LogP contribution in [0.1, 0.15) is 29.3 Å². The number of carbonyl (C=O) groups excluding carboxylic acids is 1. The third kappa shape index (κ3) is 5.18. The first kappa shape index (κ1) is 19.6. The Hall–Kier alpha value is -2.17. The van der Waals surface area contributed by atoms with E-state index in [2.05, 4.69) is 48.0 Å². The molecule has 144 valence electrons. The van der Waals surface area contributed by atoms with Crippen LogP contribution in [-0.4, -0.2) is 56.6 Å². The van der Waals surface area contributed by atoms with Gasteiger partial charge in [0.15, 0.2) is 5.78 Å². The largest absolute Gasteiger partial charge is 0.378 e. The predicted molar refractivity (Wildman–Crippen MR) is 111 cm³/mol. The summed E-state index contributed by atoms with van der Waals surface area (Å²) in [4.78, 5) is 17.8. The van der Waals surface area contributed by atoms with Gasteiger partial charge in [-0.1, -0.05) is 37.3 Å². The fraction of sp³-hybridized carbons (Fsp3) is 0.435. The van der Waals surface area contributed by atoms with E-state index < -0.39 is 0 Å². The number of hydrogen-bond donors (Lipinski definition) is 0. The third-order valence-electron chi connectivity index (χ3n) is 5.21. The van der Waals surface area contributed by atoms with Crippen molar-refractivity contribution in [3.05, 3.63) is 65.7 Å². The summed E-state index contributed by atoms with van der Waals surface area (Å²) in [5.74, 6) is 0.198. The molecule has 0 spiro atoms. The highest BCUT2D eigenvalue weighted by molar-refractivity contribution is 6.00. The lowest BCUT2D eigenvalue weighted by molar-refractivity contribution is 0.0850. The summed E-state index contributed by atoms with van der Waals surface area (Å²) in [6.07, 6.45) is 1.77. The van der Waals surface area contributed by atoms with Gasteiger partial charge in [-0.15, -0.1) is 0 Å². The average Bonchev–Trinajstić information content (AvgIpc) is 2.73. The van der Waals surface area contributed by atoms with Crippen LogP contribution >= 0.6 is 0 Å². The van der Waals surface area contributed by atoms with Crippen molar-refractivity contribution in [3.8, 4) is 0 Å². The number of ketones is 1. The molecule has 0 radical (unpaired) electrons. The van der Waals surface area contributed by atoms with Gasteiger partial charge in [0, 0.05) is 24.3 Å². The number of ether oxygens (including phenoxy) is 1. The standard InChI is InChI=1S/C23H30N2O2/c1-3-13-24(2)22(18-19-7-5-4-6-8-19)23(26)20-9-11-21(12-10-20)25-14-16-27-17-15-25/h4-12,22H,3,13-18H2,1-2H3. The summed E-state index contributed by atoms with van der Waals surface area (Å²) >= 11 is 0. The number of hydrogen-bond acceptors (Lipinski definition) is 4. The molecule has 4 nitrogen and oxygen atoms in total. The van der Waals surface area contributed by atoms with Crippen molar-refractivity contribution in [2.24, 2.45) is 0 Å². The molecule has 1 aliphatic heterocycles. The van der Waals surface area contributed by atoms with Gasteiger partial charge < -0.3 is 9.64 Å². The molecule has 0 bridgehead atoms. The SMILES string of the molecule is CCCN(C)C(Cc1ccccc1)C(=O)c1ccc(N2CCOCC2)cc1. The van der Waals surface area contributed by atoms with E-state index in [1.54, 1.807) is 0 Å². The van der Waals surface area contributed by atoms with E-state index in [1.165, 1.54) is 5.56 Å². The lowest BCUT2D eigenvalue weighted by Crippen LogP contribution is -2.40. The Bertz CT molecular complexity index is 709. The molecule has 0 saturated carbocycles. The van der Waals surface area contributed by atoms with Gasteiger partial charge in [-0.3, -0.25) is 9.69 Å². The molecular weight excluding hydrogens is 336 g/mol. The molecule has 3 rings (SSSR count). The van der Waals surface area contributed by atoms with Crippen LogP contribution in [0.3, 0.4) is 0 Å². The quantitative estimate of drug-likeness (QED) is 0.668. The zero-order valence-corrected chi connectivity index (χ0v) is 16.4. The Labute approximate surface area is 162 Å².